The summed E-state index contributed by atoms with van der Waals surface area (Å²) in [5.74, 6) is -1.81. The molecule has 28 heavy (non-hydrogen) atoms. The van der Waals surface area contributed by atoms with Crippen LogP contribution in [0.5, 0.6) is 0 Å². The summed E-state index contributed by atoms with van der Waals surface area (Å²) in [6.45, 7) is 19.3. The van der Waals surface area contributed by atoms with E-state index >= 15 is 0 Å². The molecule has 0 aromatic carbocycles. The molecule has 0 spiro atoms. The number of β-lactam (4-membered cyclic amide) rings is 1. The minimum atomic E-state index is -2.10. The lowest BCUT2D eigenvalue weighted by atomic mass is 9.77. The van der Waals surface area contributed by atoms with Gasteiger partial charge in [0.15, 0.2) is 8.32 Å². The lowest BCUT2D eigenvalue weighted by Crippen LogP contribution is -2.69. The van der Waals surface area contributed by atoms with Gasteiger partial charge in [-0.15, -0.1) is 0 Å². The third-order valence-electron chi connectivity index (χ3n) is 5.68. The van der Waals surface area contributed by atoms with E-state index in [9.17, 15) is 14.4 Å². The highest BCUT2D eigenvalue weighted by Gasteiger charge is 2.55. The third kappa shape index (κ3) is 5.80. The van der Waals surface area contributed by atoms with Crippen molar-refractivity contribution in [1.29, 1.82) is 0 Å². The Kier molecular flexibility index (Phi) is 7.57. The number of carbonyl (C=O) groups is 3. The second-order valence-electron chi connectivity index (χ2n) is 10.2. The van der Waals surface area contributed by atoms with Crippen molar-refractivity contribution >= 4 is 37.0 Å². The number of nitrogens with zero attached hydrogens (tertiary/aromatic N) is 1. The van der Waals surface area contributed by atoms with Gasteiger partial charge in [-0.05, 0) is 57.4 Å². The third-order valence-corrected chi connectivity index (χ3v) is 10.6. The highest BCUT2D eigenvalue weighted by molar-refractivity contribution is 6.74. The summed E-state index contributed by atoms with van der Waals surface area (Å²) in [5, 5.41) is -0.538. The first-order valence-electron chi connectivity index (χ1n) is 9.78. The Bertz CT molecular complexity index is 623. The van der Waals surface area contributed by atoms with Crippen molar-refractivity contribution in [2.45, 2.75) is 91.3 Å². The van der Waals surface area contributed by atoms with Crippen LogP contribution in [0.1, 0.15) is 55.4 Å². The van der Waals surface area contributed by atoms with Crippen LogP contribution in [0.4, 0.5) is 0 Å². The first-order chi connectivity index (χ1) is 12.4. The summed E-state index contributed by atoms with van der Waals surface area (Å²) in [4.78, 5) is 38.3. The maximum Gasteiger partial charge on any atom is 0.326 e. The monoisotopic (exact) mass is 433 g/mol. The van der Waals surface area contributed by atoms with E-state index in [2.05, 4.69) is 33.9 Å². The molecule has 1 heterocycles. The summed E-state index contributed by atoms with van der Waals surface area (Å²) < 4.78 is 11.7. The lowest BCUT2D eigenvalue weighted by Gasteiger charge is -2.52. The van der Waals surface area contributed by atoms with Crippen molar-refractivity contribution < 1.29 is 23.5 Å². The lowest BCUT2D eigenvalue weighted by molar-refractivity contribution is -0.178. The maximum atomic E-state index is 12.9. The molecule has 0 unspecified atom stereocenters. The number of ether oxygens (including phenoxy) is 1. The van der Waals surface area contributed by atoms with Crippen LogP contribution < -0.4 is 0 Å². The van der Waals surface area contributed by atoms with Crippen LogP contribution in [0.2, 0.25) is 18.1 Å². The predicted molar refractivity (Wildman–Crippen MR) is 113 cm³/mol. The molecule has 0 aromatic heterocycles. The van der Waals surface area contributed by atoms with Crippen molar-refractivity contribution in [3.05, 3.63) is 0 Å². The van der Waals surface area contributed by atoms with Gasteiger partial charge in [-0.25, -0.2) is 0 Å². The molecule has 1 fully saturated rings. The van der Waals surface area contributed by atoms with E-state index in [0.717, 1.165) is 0 Å². The zero-order valence-corrected chi connectivity index (χ0v) is 20.6. The van der Waals surface area contributed by atoms with Crippen molar-refractivity contribution in [1.82, 2.24) is 4.90 Å². The van der Waals surface area contributed by atoms with Crippen molar-refractivity contribution in [2.75, 3.05) is 6.54 Å². The molecule has 0 saturated carbocycles. The molecule has 1 amide bonds. The Hall–Kier alpha value is -0.923. The number of likely N-dealkylation sites (tertiary alicyclic amines) is 1. The Labute approximate surface area is 175 Å². The predicted octanol–water partition coefficient (Wildman–Crippen LogP) is 3.97. The van der Waals surface area contributed by atoms with Gasteiger partial charge >= 0.3 is 5.97 Å². The van der Waals surface area contributed by atoms with Crippen LogP contribution in [0.15, 0.2) is 0 Å². The normalized spacial score (nSPS) is 23.1. The number of hydrogen-bond acceptors (Lipinski definition) is 5. The van der Waals surface area contributed by atoms with Crippen LogP contribution in [0.3, 0.4) is 0 Å². The molecule has 0 aliphatic carbocycles. The van der Waals surface area contributed by atoms with Crippen molar-refractivity contribution in [3.8, 4) is 0 Å². The van der Waals surface area contributed by atoms with Crippen LogP contribution in [0, 0.1) is 11.8 Å². The Morgan fingerprint density at radius 2 is 1.64 bits per heavy atom. The second-order valence-corrected chi connectivity index (χ2v) is 15.4. The SMILES string of the molecule is C[C@@H](O[Si](C)(C)C(C)(C)C)[C@H]1C(=O)N(CC(=O)OC(C)(C)C)[C@@H]1[C@@H](C)C(=O)Cl. The van der Waals surface area contributed by atoms with E-state index in [4.69, 9.17) is 20.8 Å². The minimum Gasteiger partial charge on any atom is -0.459 e. The fourth-order valence-electron chi connectivity index (χ4n) is 3.20. The maximum absolute atomic E-state index is 12.9. The van der Waals surface area contributed by atoms with E-state index in [1.165, 1.54) is 4.90 Å². The first-order valence-corrected chi connectivity index (χ1v) is 13.1. The molecule has 0 radical (unpaired) electrons. The smallest absolute Gasteiger partial charge is 0.326 e. The zero-order valence-electron chi connectivity index (χ0n) is 18.9. The Morgan fingerprint density at radius 3 is 2.04 bits per heavy atom. The van der Waals surface area contributed by atoms with Crippen LogP contribution in [-0.2, 0) is 23.5 Å². The van der Waals surface area contributed by atoms with Crippen molar-refractivity contribution in [2.24, 2.45) is 11.8 Å². The topological polar surface area (TPSA) is 72.9 Å². The average Bonchev–Trinajstić information content (AvgIpc) is 2.45. The summed E-state index contributed by atoms with van der Waals surface area (Å²) in [7, 11) is -2.10. The summed E-state index contributed by atoms with van der Waals surface area (Å²) >= 11 is 5.74. The van der Waals surface area contributed by atoms with Gasteiger partial charge in [0.1, 0.15) is 12.1 Å². The Morgan fingerprint density at radius 1 is 1.14 bits per heavy atom. The fraction of sp³-hybridized carbons (Fsp3) is 0.850. The molecule has 1 saturated heterocycles. The van der Waals surface area contributed by atoms with E-state index in [0.29, 0.717) is 0 Å². The van der Waals surface area contributed by atoms with Gasteiger partial charge in [0.2, 0.25) is 11.1 Å². The number of carbonyl (C=O) groups excluding carboxylic acids is 3. The number of halogens is 1. The van der Waals surface area contributed by atoms with Gasteiger partial charge in [0, 0.05) is 0 Å². The highest BCUT2D eigenvalue weighted by Crippen LogP contribution is 2.42. The largest absolute Gasteiger partial charge is 0.459 e. The molecule has 6 nitrogen and oxygen atoms in total. The molecular weight excluding hydrogens is 398 g/mol. The molecule has 0 bridgehead atoms. The standard InChI is InChI=1S/C20H36ClNO5Si/c1-12(17(21)24)16-15(13(2)27-28(9,10)20(6,7)8)18(25)22(16)11-14(23)26-19(3,4)5/h12-13,15-16H,11H2,1-10H3/t12-,13-,15-,16-/m1/s1. The van der Waals surface area contributed by atoms with E-state index in [1.54, 1.807) is 27.7 Å². The highest BCUT2D eigenvalue weighted by atomic mass is 35.5. The number of amides is 1. The molecule has 0 N–H and O–H groups in total. The first kappa shape index (κ1) is 25.1. The Balaban J connectivity index is 3.02. The van der Waals surface area contributed by atoms with E-state index < -0.39 is 43.0 Å². The number of rotatable bonds is 7. The van der Waals surface area contributed by atoms with E-state index in [1.807, 2.05) is 6.92 Å². The molecule has 0 aromatic rings. The molecule has 1 rings (SSSR count). The quantitative estimate of drug-likeness (QED) is 0.263. The average molecular weight is 434 g/mol. The fourth-order valence-corrected chi connectivity index (χ4v) is 4.76. The van der Waals surface area contributed by atoms with Crippen molar-refractivity contribution in [3.63, 3.8) is 0 Å². The molecule has 4 atom stereocenters. The van der Waals surface area contributed by atoms with Crippen LogP contribution in [0.25, 0.3) is 0 Å². The molecular formula is C20H36ClNO5Si. The molecule has 1 aliphatic heterocycles. The second kappa shape index (κ2) is 8.44. The van der Waals surface area contributed by atoms with Gasteiger partial charge in [0.05, 0.1) is 24.0 Å². The minimum absolute atomic E-state index is 0.00628. The summed E-state index contributed by atoms with van der Waals surface area (Å²) in [6, 6.07) is -0.482. The molecule has 162 valence electrons. The number of hydrogen-bond donors (Lipinski definition) is 0. The van der Waals surface area contributed by atoms with Crippen LogP contribution in [-0.4, -0.2) is 54.6 Å². The van der Waals surface area contributed by atoms with Gasteiger partial charge in [-0.1, -0.05) is 27.7 Å². The summed E-state index contributed by atoms with van der Waals surface area (Å²) in [5.41, 5.74) is -0.646. The van der Waals surface area contributed by atoms with Crippen LogP contribution >= 0.6 is 11.6 Å². The molecule has 8 heteroatoms. The van der Waals surface area contributed by atoms with Gasteiger partial charge in [0.25, 0.3) is 0 Å². The number of esters is 1. The van der Waals surface area contributed by atoms with Gasteiger partial charge in [-0.3, -0.25) is 14.4 Å². The van der Waals surface area contributed by atoms with Gasteiger partial charge < -0.3 is 14.1 Å². The van der Waals surface area contributed by atoms with Gasteiger partial charge in [-0.2, -0.15) is 0 Å². The molecule has 1 aliphatic rings. The zero-order chi connectivity index (χ0) is 22.2. The summed E-state index contributed by atoms with van der Waals surface area (Å²) in [6.07, 6.45) is -0.369. The van der Waals surface area contributed by atoms with E-state index in [-0.39, 0.29) is 23.6 Å².